The van der Waals surface area contributed by atoms with Crippen molar-refractivity contribution in [2.75, 3.05) is 40.4 Å². The number of carbonyl (C=O) groups excluding carboxylic acids is 1. The molecule has 0 atom stereocenters. The summed E-state index contributed by atoms with van der Waals surface area (Å²) in [5.41, 5.74) is 6.06. The molecule has 1 aliphatic carbocycles. The van der Waals surface area contributed by atoms with Crippen LogP contribution < -0.4 is 11.1 Å². The number of methoxy groups -OCH3 is 1. The summed E-state index contributed by atoms with van der Waals surface area (Å²) >= 11 is 0. The maximum atomic E-state index is 12.0. The van der Waals surface area contributed by atoms with Gasteiger partial charge in [0.1, 0.15) is 0 Å². The SMILES string of the molecule is CCC1CCC(CN)(N(C)CC(=O)NCCCOC)CC1. The van der Waals surface area contributed by atoms with Crippen molar-refractivity contribution in [2.45, 2.75) is 51.0 Å². The third-order valence-electron chi connectivity index (χ3n) is 5.03. The Morgan fingerprint density at radius 2 is 2.10 bits per heavy atom. The molecule has 5 heteroatoms. The van der Waals surface area contributed by atoms with Gasteiger partial charge in [0.25, 0.3) is 0 Å². The molecule has 0 saturated heterocycles. The van der Waals surface area contributed by atoms with Gasteiger partial charge in [-0.05, 0) is 45.1 Å². The molecule has 0 heterocycles. The zero-order valence-electron chi connectivity index (χ0n) is 14.0. The van der Waals surface area contributed by atoms with Gasteiger partial charge in [-0.2, -0.15) is 0 Å². The molecule has 1 rings (SSSR count). The third-order valence-corrected chi connectivity index (χ3v) is 5.03. The van der Waals surface area contributed by atoms with Gasteiger partial charge in [-0.1, -0.05) is 13.3 Å². The van der Waals surface area contributed by atoms with Crippen molar-refractivity contribution < 1.29 is 9.53 Å². The van der Waals surface area contributed by atoms with E-state index in [0.717, 1.165) is 25.2 Å². The highest BCUT2D eigenvalue weighted by molar-refractivity contribution is 5.78. The Morgan fingerprint density at radius 3 is 2.62 bits per heavy atom. The molecular formula is C16H33N3O2. The van der Waals surface area contributed by atoms with Gasteiger partial charge < -0.3 is 15.8 Å². The number of nitrogens with zero attached hydrogens (tertiary/aromatic N) is 1. The zero-order valence-corrected chi connectivity index (χ0v) is 14.0. The summed E-state index contributed by atoms with van der Waals surface area (Å²) in [5, 5.41) is 2.95. The molecule has 1 aliphatic rings. The summed E-state index contributed by atoms with van der Waals surface area (Å²) in [6, 6.07) is 0. The van der Waals surface area contributed by atoms with Crippen molar-refractivity contribution in [1.29, 1.82) is 0 Å². The smallest absolute Gasteiger partial charge is 0.234 e. The fourth-order valence-corrected chi connectivity index (χ4v) is 3.25. The maximum Gasteiger partial charge on any atom is 0.234 e. The number of rotatable bonds is 9. The van der Waals surface area contributed by atoms with E-state index in [1.54, 1.807) is 7.11 Å². The van der Waals surface area contributed by atoms with E-state index in [0.29, 0.717) is 26.2 Å². The minimum absolute atomic E-state index is 0.00946. The molecule has 1 fully saturated rings. The number of amides is 1. The average molecular weight is 299 g/mol. The van der Waals surface area contributed by atoms with Gasteiger partial charge in [-0.15, -0.1) is 0 Å². The van der Waals surface area contributed by atoms with E-state index in [1.807, 2.05) is 7.05 Å². The van der Waals surface area contributed by atoms with Crippen LogP contribution in [0.5, 0.6) is 0 Å². The van der Waals surface area contributed by atoms with Crippen molar-refractivity contribution in [1.82, 2.24) is 10.2 Å². The molecule has 1 amide bonds. The topological polar surface area (TPSA) is 67.6 Å². The predicted octanol–water partition coefficient (Wildman–Crippen LogP) is 1.37. The number of hydrogen-bond acceptors (Lipinski definition) is 4. The third kappa shape index (κ3) is 5.57. The van der Waals surface area contributed by atoms with Gasteiger partial charge in [0.15, 0.2) is 0 Å². The molecule has 3 N–H and O–H groups in total. The van der Waals surface area contributed by atoms with Crippen molar-refractivity contribution in [2.24, 2.45) is 11.7 Å². The lowest BCUT2D eigenvalue weighted by Crippen LogP contribution is -2.56. The van der Waals surface area contributed by atoms with Gasteiger partial charge in [-0.25, -0.2) is 0 Å². The quantitative estimate of drug-likeness (QED) is 0.631. The van der Waals surface area contributed by atoms with Crippen molar-refractivity contribution in [3.05, 3.63) is 0 Å². The molecule has 124 valence electrons. The van der Waals surface area contributed by atoms with Gasteiger partial charge in [0.2, 0.25) is 5.91 Å². The van der Waals surface area contributed by atoms with Gasteiger partial charge in [0, 0.05) is 32.3 Å². The van der Waals surface area contributed by atoms with Crippen LogP contribution in [0, 0.1) is 5.92 Å². The van der Waals surface area contributed by atoms with Gasteiger partial charge in [0.05, 0.1) is 6.54 Å². The molecule has 5 nitrogen and oxygen atoms in total. The van der Waals surface area contributed by atoms with E-state index in [-0.39, 0.29) is 11.4 Å². The highest BCUT2D eigenvalue weighted by atomic mass is 16.5. The first kappa shape index (κ1) is 18.4. The Hall–Kier alpha value is -0.650. The second kappa shape index (κ2) is 9.38. The normalized spacial score (nSPS) is 26.0. The van der Waals surface area contributed by atoms with Crippen LogP contribution in [0.2, 0.25) is 0 Å². The van der Waals surface area contributed by atoms with Crippen LogP contribution in [0.3, 0.4) is 0 Å². The van der Waals surface area contributed by atoms with E-state index in [1.165, 1.54) is 19.3 Å². The Balaban J connectivity index is 2.40. The Labute approximate surface area is 129 Å². The summed E-state index contributed by atoms with van der Waals surface area (Å²) in [4.78, 5) is 14.2. The van der Waals surface area contributed by atoms with Crippen LogP contribution in [0.4, 0.5) is 0 Å². The molecule has 21 heavy (non-hydrogen) atoms. The molecule has 0 spiro atoms. The summed E-state index contributed by atoms with van der Waals surface area (Å²) < 4.78 is 4.98. The number of carbonyl (C=O) groups is 1. The zero-order chi connectivity index (χ0) is 15.7. The van der Waals surface area contributed by atoms with Crippen LogP contribution in [0.15, 0.2) is 0 Å². The summed E-state index contributed by atoms with van der Waals surface area (Å²) in [6.07, 6.45) is 6.78. The molecule has 0 radical (unpaired) electrons. The monoisotopic (exact) mass is 299 g/mol. The van der Waals surface area contributed by atoms with Crippen LogP contribution in [-0.2, 0) is 9.53 Å². The van der Waals surface area contributed by atoms with Crippen LogP contribution in [0.1, 0.15) is 45.4 Å². The molecule has 0 aromatic heterocycles. The Kier molecular flexibility index (Phi) is 8.22. The number of nitrogens with two attached hydrogens (primary N) is 1. The fraction of sp³-hybridized carbons (Fsp3) is 0.938. The first-order valence-electron chi connectivity index (χ1n) is 8.25. The molecule has 0 bridgehead atoms. The molecule has 1 saturated carbocycles. The molecule has 0 unspecified atom stereocenters. The highest BCUT2D eigenvalue weighted by Gasteiger charge is 2.37. The largest absolute Gasteiger partial charge is 0.385 e. The van der Waals surface area contributed by atoms with E-state index in [9.17, 15) is 4.79 Å². The summed E-state index contributed by atoms with van der Waals surface area (Å²) in [6.45, 7) is 4.68. The van der Waals surface area contributed by atoms with Crippen molar-refractivity contribution in [3.63, 3.8) is 0 Å². The second-order valence-electron chi connectivity index (χ2n) is 6.33. The maximum absolute atomic E-state index is 12.0. The van der Waals surface area contributed by atoms with Crippen molar-refractivity contribution >= 4 is 5.91 Å². The molecule has 0 aliphatic heterocycles. The highest BCUT2D eigenvalue weighted by Crippen LogP contribution is 2.36. The van der Waals surface area contributed by atoms with E-state index >= 15 is 0 Å². The summed E-state index contributed by atoms with van der Waals surface area (Å²) in [5.74, 6) is 0.917. The lowest BCUT2D eigenvalue weighted by atomic mass is 9.74. The van der Waals surface area contributed by atoms with Crippen LogP contribution in [-0.4, -0.2) is 56.7 Å². The van der Waals surface area contributed by atoms with Gasteiger partial charge in [-0.3, -0.25) is 9.69 Å². The molecule has 0 aromatic carbocycles. The minimum Gasteiger partial charge on any atom is -0.385 e. The number of ether oxygens (including phenoxy) is 1. The molecule has 0 aromatic rings. The van der Waals surface area contributed by atoms with E-state index < -0.39 is 0 Å². The summed E-state index contributed by atoms with van der Waals surface area (Å²) in [7, 11) is 3.71. The standard InChI is InChI=1S/C16H33N3O2/c1-4-14-6-8-16(13-17,9-7-14)19(2)12-15(20)18-10-5-11-21-3/h14H,4-13,17H2,1-3H3,(H,18,20). The van der Waals surface area contributed by atoms with E-state index in [2.05, 4.69) is 17.1 Å². The lowest BCUT2D eigenvalue weighted by Gasteiger charge is -2.45. The predicted molar refractivity (Wildman–Crippen MR) is 86.2 cm³/mol. The van der Waals surface area contributed by atoms with Crippen LogP contribution >= 0.6 is 0 Å². The second-order valence-corrected chi connectivity index (χ2v) is 6.33. The van der Waals surface area contributed by atoms with Crippen molar-refractivity contribution in [3.8, 4) is 0 Å². The fourth-order valence-electron chi connectivity index (χ4n) is 3.25. The number of nitrogens with one attached hydrogen (secondary N) is 1. The van der Waals surface area contributed by atoms with Crippen LogP contribution in [0.25, 0.3) is 0 Å². The van der Waals surface area contributed by atoms with E-state index in [4.69, 9.17) is 10.5 Å². The Bertz CT molecular complexity index is 302. The minimum atomic E-state index is 0.00946. The lowest BCUT2D eigenvalue weighted by molar-refractivity contribution is -0.123. The first-order chi connectivity index (χ1) is 10.1. The number of hydrogen-bond donors (Lipinski definition) is 2. The number of likely N-dealkylation sites (N-methyl/N-ethyl adjacent to an activating group) is 1. The van der Waals surface area contributed by atoms with Gasteiger partial charge >= 0.3 is 0 Å². The average Bonchev–Trinajstić information content (AvgIpc) is 2.51. The molecular weight excluding hydrogens is 266 g/mol. The first-order valence-corrected chi connectivity index (χ1v) is 8.25. The Morgan fingerprint density at radius 1 is 1.43 bits per heavy atom.